The van der Waals surface area contributed by atoms with E-state index in [4.69, 9.17) is 9.47 Å². The van der Waals surface area contributed by atoms with Crippen molar-refractivity contribution in [1.82, 2.24) is 15.1 Å². The molecule has 0 saturated carbocycles. The minimum atomic E-state index is -0.972. The van der Waals surface area contributed by atoms with Crippen LogP contribution in [0.3, 0.4) is 0 Å². The summed E-state index contributed by atoms with van der Waals surface area (Å²) in [5.74, 6) is -1.07. The first-order valence-electron chi connectivity index (χ1n) is 10.2. The lowest BCUT2D eigenvalue weighted by Gasteiger charge is -2.25. The molecule has 1 N–H and O–H groups in total. The molecule has 162 valence electrons. The highest BCUT2D eigenvalue weighted by Gasteiger charge is 2.44. The number of benzene rings is 1. The summed E-state index contributed by atoms with van der Waals surface area (Å²) >= 11 is 0. The number of nitrogens with zero attached hydrogens (tertiary/aromatic N) is 2. The van der Waals surface area contributed by atoms with Crippen LogP contribution in [-0.4, -0.2) is 59.9 Å². The number of rotatable bonds is 7. The number of hydrogen-bond acceptors (Lipinski definition) is 6. The van der Waals surface area contributed by atoms with Crippen LogP contribution in [0.1, 0.15) is 45.2 Å². The summed E-state index contributed by atoms with van der Waals surface area (Å²) in [4.78, 5) is 50.6. The quantitative estimate of drug-likeness (QED) is 0.536. The Bertz CT molecular complexity index is 853. The number of hydrogen-bond donors (Lipinski definition) is 1. The second-order valence-corrected chi connectivity index (χ2v) is 7.68. The Labute approximate surface area is 175 Å². The third-order valence-corrected chi connectivity index (χ3v) is 5.00. The number of carbonyl (C=O) groups is 4. The molecule has 0 aromatic heterocycles. The standard InChI is InChI=1S/C21H27N3O6/c1-4-8-23-19(26)20(27)24(21(23)28)12-17(25)22-18(13(2)3)14-6-7-15-16(11-14)30-10-5-9-29-15/h6-7,11,13,18H,4-5,8-10,12H2,1-3H3,(H,22,25)/t18-/m1/s1. The smallest absolute Gasteiger partial charge is 0.334 e. The summed E-state index contributed by atoms with van der Waals surface area (Å²) in [5, 5.41) is 2.87. The predicted octanol–water partition coefficient (Wildman–Crippen LogP) is 1.86. The van der Waals surface area contributed by atoms with Crippen molar-refractivity contribution in [2.45, 2.75) is 39.7 Å². The maximum Gasteiger partial charge on any atom is 0.334 e. The van der Waals surface area contributed by atoms with Crippen LogP contribution in [0, 0.1) is 5.92 Å². The fourth-order valence-corrected chi connectivity index (χ4v) is 3.48. The highest BCUT2D eigenvalue weighted by Crippen LogP contribution is 2.34. The first kappa shape index (κ1) is 21.6. The normalized spacial score (nSPS) is 17.4. The summed E-state index contributed by atoms with van der Waals surface area (Å²) in [6, 6.07) is 4.39. The van der Waals surface area contributed by atoms with Crippen LogP contribution in [0.25, 0.3) is 0 Å². The van der Waals surface area contributed by atoms with E-state index in [1.54, 1.807) is 6.92 Å². The molecule has 30 heavy (non-hydrogen) atoms. The van der Waals surface area contributed by atoms with Crippen LogP contribution in [0.4, 0.5) is 4.79 Å². The van der Waals surface area contributed by atoms with Gasteiger partial charge in [0.1, 0.15) is 6.54 Å². The molecule has 0 bridgehead atoms. The molecule has 1 atom stereocenters. The molecule has 2 aliphatic heterocycles. The van der Waals surface area contributed by atoms with Gasteiger partial charge in [0.25, 0.3) is 0 Å². The van der Waals surface area contributed by atoms with Crippen molar-refractivity contribution in [3.05, 3.63) is 23.8 Å². The number of nitrogens with one attached hydrogen (secondary N) is 1. The summed E-state index contributed by atoms with van der Waals surface area (Å²) < 4.78 is 11.4. The Morgan fingerprint density at radius 2 is 1.73 bits per heavy atom. The number of carbonyl (C=O) groups excluding carboxylic acids is 4. The topological polar surface area (TPSA) is 105 Å². The minimum Gasteiger partial charge on any atom is -0.490 e. The first-order chi connectivity index (χ1) is 14.3. The van der Waals surface area contributed by atoms with E-state index in [0.29, 0.717) is 36.0 Å². The van der Waals surface area contributed by atoms with Crippen molar-refractivity contribution < 1.29 is 28.7 Å². The molecule has 1 aromatic rings. The second-order valence-electron chi connectivity index (χ2n) is 7.68. The Kier molecular flexibility index (Phi) is 6.59. The number of fused-ring (bicyclic) bond motifs is 1. The fraction of sp³-hybridized carbons (Fsp3) is 0.524. The summed E-state index contributed by atoms with van der Waals surface area (Å²) in [6.07, 6.45) is 1.32. The average molecular weight is 417 g/mol. The molecule has 0 radical (unpaired) electrons. The van der Waals surface area contributed by atoms with Gasteiger partial charge in [-0.3, -0.25) is 19.3 Å². The molecule has 0 unspecified atom stereocenters. The van der Waals surface area contributed by atoms with Gasteiger partial charge < -0.3 is 14.8 Å². The molecule has 0 spiro atoms. The van der Waals surface area contributed by atoms with Gasteiger partial charge in [0, 0.05) is 13.0 Å². The third kappa shape index (κ3) is 4.39. The van der Waals surface area contributed by atoms with E-state index in [1.165, 1.54) is 0 Å². The molecular weight excluding hydrogens is 390 g/mol. The van der Waals surface area contributed by atoms with Crippen LogP contribution in [0.2, 0.25) is 0 Å². The molecule has 1 fully saturated rings. The molecule has 0 aliphatic carbocycles. The molecule has 2 aliphatic rings. The predicted molar refractivity (Wildman–Crippen MR) is 107 cm³/mol. The minimum absolute atomic E-state index is 0.0295. The van der Waals surface area contributed by atoms with Gasteiger partial charge in [-0.1, -0.05) is 26.8 Å². The molecular formula is C21H27N3O6. The SMILES string of the molecule is CCCN1C(=O)C(=O)N(CC(=O)N[C@@H](c2ccc3c(c2)OCCCO3)C(C)C)C1=O. The maximum atomic E-state index is 12.7. The molecule has 9 nitrogen and oxygen atoms in total. The third-order valence-electron chi connectivity index (χ3n) is 5.00. The van der Waals surface area contributed by atoms with Crippen molar-refractivity contribution >= 4 is 23.8 Å². The van der Waals surface area contributed by atoms with Crippen LogP contribution in [-0.2, 0) is 14.4 Å². The highest BCUT2D eigenvalue weighted by atomic mass is 16.5. The fourth-order valence-electron chi connectivity index (χ4n) is 3.48. The number of imide groups is 2. The van der Waals surface area contributed by atoms with Crippen molar-refractivity contribution in [3.8, 4) is 11.5 Å². The molecule has 3 rings (SSSR count). The van der Waals surface area contributed by atoms with Crippen molar-refractivity contribution in [2.24, 2.45) is 5.92 Å². The summed E-state index contributed by atoms with van der Waals surface area (Å²) in [6.45, 7) is 6.48. The molecule has 1 aromatic carbocycles. The zero-order chi connectivity index (χ0) is 21.8. The van der Waals surface area contributed by atoms with Crippen LogP contribution in [0.15, 0.2) is 18.2 Å². The Hall–Kier alpha value is -3.10. The van der Waals surface area contributed by atoms with E-state index in [9.17, 15) is 19.2 Å². The Morgan fingerprint density at radius 1 is 1.07 bits per heavy atom. The lowest BCUT2D eigenvalue weighted by atomic mass is 9.95. The number of amides is 5. The molecule has 1 saturated heterocycles. The zero-order valence-electron chi connectivity index (χ0n) is 17.5. The molecule has 9 heteroatoms. The van der Waals surface area contributed by atoms with E-state index in [-0.39, 0.29) is 18.5 Å². The van der Waals surface area contributed by atoms with Gasteiger partial charge in [0.2, 0.25) is 5.91 Å². The highest BCUT2D eigenvalue weighted by molar-refractivity contribution is 6.45. The zero-order valence-corrected chi connectivity index (χ0v) is 17.5. The Morgan fingerprint density at radius 3 is 2.40 bits per heavy atom. The van der Waals surface area contributed by atoms with Gasteiger partial charge >= 0.3 is 17.8 Å². The van der Waals surface area contributed by atoms with Crippen molar-refractivity contribution in [2.75, 3.05) is 26.3 Å². The van der Waals surface area contributed by atoms with Gasteiger partial charge in [0.05, 0.1) is 19.3 Å². The average Bonchev–Trinajstić information content (AvgIpc) is 2.90. The number of ether oxygens (including phenoxy) is 2. The van der Waals surface area contributed by atoms with Crippen LogP contribution in [0.5, 0.6) is 11.5 Å². The maximum absolute atomic E-state index is 12.7. The van der Waals surface area contributed by atoms with E-state index < -0.39 is 30.3 Å². The van der Waals surface area contributed by atoms with Crippen molar-refractivity contribution in [1.29, 1.82) is 0 Å². The molecule has 5 amide bonds. The lowest BCUT2D eigenvalue weighted by Crippen LogP contribution is -2.43. The van der Waals surface area contributed by atoms with Gasteiger partial charge in [0.15, 0.2) is 11.5 Å². The van der Waals surface area contributed by atoms with E-state index in [0.717, 1.165) is 16.9 Å². The monoisotopic (exact) mass is 417 g/mol. The van der Waals surface area contributed by atoms with Gasteiger partial charge in [-0.15, -0.1) is 0 Å². The Balaban J connectivity index is 1.72. The summed E-state index contributed by atoms with van der Waals surface area (Å²) in [5.41, 5.74) is 0.824. The van der Waals surface area contributed by atoms with Crippen molar-refractivity contribution in [3.63, 3.8) is 0 Å². The van der Waals surface area contributed by atoms with Crippen LogP contribution >= 0.6 is 0 Å². The van der Waals surface area contributed by atoms with Gasteiger partial charge in [-0.2, -0.15) is 0 Å². The van der Waals surface area contributed by atoms with E-state index in [1.807, 2.05) is 32.0 Å². The van der Waals surface area contributed by atoms with E-state index in [2.05, 4.69) is 5.32 Å². The van der Waals surface area contributed by atoms with Gasteiger partial charge in [-0.05, 0) is 30.0 Å². The number of urea groups is 1. The largest absolute Gasteiger partial charge is 0.490 e. The second kappa shape index (κ2) is 9.15. The lowest BCUT2D eigenvalue weighted by molar-refractivity contribution is -0.144. The summed E-state index contributed by atoms with van der Waals surface area (Å²) in [7, 11) is 0. The van der Waals surface area contributed by atoms with Crippen LogP contribution < -0.4 is 14.8 Å². The van der Waals surface area contributed by atoms with Gasteiger partial charge in [-0.25, -0.2) is 9.69 Å². The van der Waals surface area contributed by atoms with E-state index >= 15 is 0 Å². The first-order valence-corrected chi connectivity index (χ1v) is 10.2. The molecule has 2 heterocycles.